The van der Waals surface area contributed by atoms with Crippen LogP contribution in [0.15, 0.2) is 41.7 Å². The minimum atomic E-state index is 0. The Bertz CT molecular complexity index is 803. The van der Waals surface area contributed by atoms with Crippen molar-refractivity contribution in [3.05, 3.63) is 47.8 Å². The highest BCUT2D eigenvalue weighted by atomic mass is 127. The van der Waals surface area contributed by atoms with Crippen LogP contribution in [-0.2, 0) is 18.3 Å². The van der Waals surface area contributed by atoms with Gasteiger partial charge in [0.1, 0.15) is 6.54 Å². The summed E-state index contributed by atoms with van der Waals surface area (Å²) in [4.78, 5) is 20.7. The molecular formula is C19H27IN6O. The van der Waals surface area contributed by atoms with Crippen molar-refractivity contribution in [2.45, 2.75) is 13.3 Å². The van der Waals surface area contributed by atoms with Gasteiger partial charge in [0.25, 0.3) is 0 Å². The number of aliphatic imine (C=N–C) groups is 1. The van der Waals surface area contributed by atoms with Gasteiger partial charge in [0.05, 0.1) is 11.9 Å². The van der Waals surface area contributed by atoms with Gasteiger partial charge in [-0.1, -0.05) is 24.3 Å². The van der Waals surface area contributed by atoms with E-state index in [1.807, 2.05) is 18.1 Å². The van der Waals surface area contributed by atoms with Crippen LogP contribution in [0.1, 0.15) is 11.1 Å². The summed E-state index contributed by atoms with van der Waals surface area (Å²) in [6.07, 6.45) is 4.51. The maximum Gasteiger partial charge on any atom is 0.246 e. The Kier molecular flexibility index (Phi) is 7.64. The Balaban J connectivity index is 0.00000261. The van der Waals surface area contributed by atoms with Crippen molar-refractivity contribution >= 4 is 41.5 Å². The molecule has 1 amide bonds. The number of aryl methyl sites for hydroxylation is 2. The number of nitrogens with zero attached hydrogens (tertiary/aromatic N) is 5. The van der Waals surface area contributed by atoms with Crippen LogP contribution in [0.5, 0.6) is 0 Å². The Labute approximate surface area is 177 Å². The van der Waals surface area contributed by atoms with Crippen molar-refractivity contribution in [2.75, 3.05) is 38.1 Å². The first-order chi connectivity index (χ1) is 12.6. The molecule has 7 nitrogen and oxygen atoms in total. The summed E-state index contributed by atoms with van der Waals surface area (Å²) in [5.74, 6) is 0.837. The van der Waals surface area contributed by atoms with Crippen LogP contribution in [0.2, 0.25) is 0 Å². The predicted molar refractivity (Wildman–Crippen MR) is 119 cm³/mol. The number of hydrogen-bond acceptors (Lipinski definition) is 3. The van der Waals surface area contributed by atoms with Gasteiger partial charge in [0.15, 0.2) is 5.96 Å². The molecule has 0 spiro atoms. The number of amides is 1. The topological polar surface area (TPSA) is 65.8 Å². The number of rotatable bonds is 4. The second-order valence-electron chi connectivity index (χ2n) is 6.49. The summed E-state index contributed by atoms with van der Waals surface area (Å²) in [5, 5.41) is 7.53. The minimum absolute atomic E-state index is 0. The third-order valence-corrected chi connectivity index (χ3v) is 4.67. The van der Waals surface area contributed by atoms with E-state index in [0.717, 1.165) is 31.2 Å². The molecule has 1 fully saturated rings. The first-order valence-corrected chi connectivity index (χ1v) is 8.87. The fourth-order valence-corrected chi connectivity index (χ4v) is 3.21. The maximum absolute atomic E-state index is 12.5. The lowest BCUT2D eigenvalue weighted by atomic mass is 10.1. The Morgan fingerprint density at radius 3 is 2.70 bits per heavy atom. The lowest BCUT2D eigenvalue weighted by Gasteiger charge is -2.35. The van der Waals surface area contributed by atoms with Crippen LogP contribution in [-0.4, -0.2) is 59.8 Å². The third kappa shape index (κ3) is 5.21. The van der Waals surface area contributed by atoms with E-state index in [1.54, 1.807) is 22.8 Å². The molecule has 1 aromatic heterocycles. The summed E-state index contributed by atoms with van der Waals surface area (Å²) >= 11 is 0. The van der Waals surface area contributed by atoms with E-state index in [-0.39, 0.29) is 29.9 Å². The van der Waals surface area contributed by atoms with E-state index < -0.39 is 0 Å². The highest BCUT2D eigenvalue weighted by Gasteiger charge is 2.27. The van der Waals surface area contributed by atoms with Gasteiger partial charge in [-0.15, -0.1) is 24.0 Å². The Morgan fingerprint density at radius 2 is 2.07 bits per heavy atom. The highest BCUT2D eigenvalue weighted by molar-refractivity contribution is 14.0. The van der Waals surface area contributed by atoms with Crippen molar-refractivity contribution in [3.63, 3.8) is 0 Å². The first-order valence-electron chi connectivity index (χ1n) is 8.87. The summed E-state index contributed by atoms with van der Waals surface area (Å²) in [7, 11) is 3.61. The van der Waals surface area contributed by atoms with Gasteiger partial charge < -0.3 is 15.1 Å². The smallest absolute Gasteiger partial charge is 0.246 e. The molecule has 1 aliphatic heterocycles. The average Bonchev–Trinajstić information content (AvgIpc) is 3.06. The SMILES string of the molecule is CN=C(NCCc1ccccc1C)N1CCN(c2cnn(C)c2)C(=O)C1.I. The molecule has 1 aliphatic rings. The quantitative estimate of drug-likeness (QED) is 0.410. The van der Waals surface area contributed by atoms with Crippen LogP contribution >= 0.6 is 24.0 Å². The van der Waals surface area contributed by atoms with Gasteiger partial charge in [0.2, 0.25) is 5.91 Å². The normalized spacial score (nSPS) is 14.9. The number of nitrogens with one attached hydrogen (secondary N) is 1. The molecule has 1 aromatic carbocycles. The molecule has 27 heavy (non-hydrogen) atoms. The largest absolute Gasteiger partial charge is 0.356 e. The van der Waals surface area contributed by atoms with E-state index in [2.05, 4.69) is 46.6 Å². The molecule has 0 saturated carbocycles. The number of benzene rings is 1. The number of carbonyl (C=O) groups is 1. The van der Waals surface area contributed by atoms with Gasteiger partial charge in [-0.25, -0.2) is 0 Å². The van der Waals surface area contributed by atoms with Crippen LogP contribution in [0, 0.1) is 6.92 Å². The number of aromatic nitrogens is 2. The van der Waals surface area contributed by atoms with Crippen LogP contribution < -0.4 is 10.2 Å². The lowest BCUT2D eigenvalue weighted by molar-refractivity contribution is -0.120. The first kappa shape index (κ1) is 21.2. The van der Waals surface area contributed by atoms with E-state index in [4.69, 9.17) is 0 Å². The molecule has 0 bridgehead atoms. The molecule has 2 aromatic rings. The number of guanidine groups is 1. The molecule has 0 unspecified atom stereocenters. The minimum Gasteiger partial charge on any atom is -0.356 e. The zero-order valence-corrected chi connectivity index (χ0v) is 18.4. The van der Waals surface area contributed by atoms with Gasteiger partial charge in [0, 0.05) is 39.9 Å². The van der Waals surface area contributed by atoms with Crippen molar-refractivity contribution < 1.29 is 4.79 Å². The van der Waals surface area contributed by atoms with E-state index in [1.165, 1.54) is 11.1 Å². The van der Waals surface area contributed by atoms with Crippen molar-refractivity contribution in [1.29, 1.82) is 0 Å². The zero-order valence-electron chi connectivity index (χ0n) is 16.1. The number of carbonyl (C=O) groups excluding carboxylic acids is 1. The van der Waals surface area contributed by atoms with Crippen molar-refractivity contribution in [3.8, 4) is 0 Å². The molecular weight excluding hydrogens is 455 g/mol. The summed E-state index contributed by atoms with van der Waals surface area (Å²) in [6, 6.07) is 8.39. The monoisotopic (exact) mass is 482 g/mol. The molecule has 1 saturated heterocycles. The molecule has 0 aliphatic carbocycles. The van der Waals surface area contributed by atoms with Gasteiger partial charge in [-0.05, 0) is 24.5 Å². The van der Waals surface area contributed by atoms with Gasteiger partial charge in [-0.3, -0.25) is 14.5 Å². The van der Waals surface area contributed by atoms with E-state index in [9.17, 15) is 4.79 Å². The molecule has 0 radical (unpaired) electrons. The fraction of sp³-hybridized carbons (Fsp3) is 0.421. The van der Waals surface area contributed by atoms with Crippen LogP contribution in [0.25, 0.3) is 0 Å². The molecule has 2 heterocycles. The zero-order chi connectivity index (χ0) is 18.5. The molecule has 0 atom stereocenters. The average molecular weight is 482 g/mol. The van der Waals surface area contributed by atoms with E-state index in [0.29, 0.717) is 13.1 Å². The molecule has 1 N–H and O–H groups in total. The predicted octanol–water partition coefficient (Wildman–Crippen LogP) is 1.81. The number of hydrogen-bond donors (Lipinski definition) is 1. The summed E-state index contributed by atoms with van der Waals surface area (Å²) < 4.78 is 1.71. The molecule has 8 heteroatoms. The van der Waals surface area contributed by atoms with Crippen LogP contribution in [0.4, 0.5) is 5.69 Å². The van der Waals surface area contributed by atoms with Gasteiger partial charge in [-0.2, -0.15) is 5.10 Å². The number of anilines is 1. The number of halogens is 1. The van der Waals surface area contributed by atoms with Crippen LogP contribution in [0.3, 0.4) is 0 Å². The molecule has 146 valence electrons. The fourth-order valence-electron chi connectivity index (χ4n) is 3.21. The number of piperazine rings is 1. The van der Waals surface area contributed by atoms with Crippen molar-refractivity contribution in [2.24, 2.45) is 12.0 Å². The summed E-state index contributed by atoms with van der Waals surface area (Å²) in [6.45, 7) is 4.60. The maximum atomic E-state index is 12.5. The second-order valence-corrected chi connectivity index (χ2v) is 6.49. The molecule has 3 rings (SSSR count). The highest BCUT2D eigenvalue weighted by Crippen LogP contribution is 2.16. The van der Waals surface area contributed by atoms with Gasteiger partial charge >= 0.3 is 0 Å². The standard InChI is InChI=1S/C19H26N6O.HI/c1-15-6-4-5-7-16(15)8-9-21-19(20-2)24-10-11-25(18(26)14-24)17-12-22-23(3)13-17;/h4-7,12-13H,8-11,14H2,1-3H3,(H,20,21);1H. The van der Waals surface area contributed by atoms with Crippen molar-refractivity contribution in [1.82, 2.24) is 20.0 Å². The summed E-state index contributed by atoms with van der Waals surface area (Å²) in [5.41, 5.74) is 3.47. The Morgan fingerprint density at radius 1 is 1.30 bits per heavy atom. The Hall–Kier alpha value is -2.10. The second kappa shape index (κ2) is 9.72. The van der Waals surface area contributed by atoms with E-state index >= 15 is 0 Å². The third-order valence-electron chi connectivity index (χ3n) is 4.67. The lowest BCUT2D eigenvalue weighted by Crippen LogP contribution is -2.55.